The first-order valence-corrected chi connectivity index (χ1v) is 9.34. The quantitative estimate of drug-likeness (QED) is 0.810. The molecule has 0 radical (unpaired) electrons. The Bertz CT molecular complexity index is 667. The van der Waals surface area contributed by atoms with Gasteiger partial charge in [0.1, 0.15) is 0 Å². The fourth-order valence-corrected chi connectivity index (χ4v) is 7.40. The zero-order valence-corrected chi connectivity index (χ0v) is 12.6. The second kappa shape index (κ2) is 4.57. The number of benzene rings is 1. The fourth-order valence-electron chi connectivity index (χ4n) is 2.63. The van der Waals surface area contributed by atoms with Gasteiger partial charge >= 0.3 is 0 Å². The Morgan fingerprint density at radius 2 is 1.68 bits per heavy atom. The van der Waals surface area contributed by atoms with Crippen LogP contribution in [-0.4, -0.2) is 45.1 Å². The van der Waals surface area contributed by atoms with Crippen LogP contribution in [0.15, 0.2) is 30.3 Å². The third kappa shape index (κ3) is 2.30. The summed E-state index contributed by atoms with van der Waals surface area (Å²) in [6.45, 7) is 1.74. The van der Waals surface area contributed by atoms with Crippen LogP contribution in [0.1, 0.15) is 18.4 Å². The molecule has 3 atom stereocenters. The minimum absolute atomic E-state index is 0.382. The molecule has 1 fully saturated rings. The first kappa shape index (κ1) is 14.5. The van der Waals surface area contributed by atoms with E-state index in [1.54, 1.807) is 31.2 Å². The van der Waals surface area contributed by atoms with Crippen LogP contribution in [-0.2, 0) is 19.9 Å². The van der Waals surface area contributed by atoms with Crippen LogP contribution in [0, 0.1) is 0 Å². The lowest BCUT2D eigenvalue weighted by molar-refractivity contribution is 0.393. The Morgan fingerprint density at radius 1 is 1.16 bits per heavy atom. The van der Waals surface area contributed by atoms with Gasteiger partial charge in [-0.15, -0.1) is 0 Å². The van der Waals surface area contributed by atoms with Crippen molar-refractivity contribution < 1.29 is 16.8 Å². The molecule has 0 aromatic heterocycles. The van der Waals surface area contributed by atoms with Crippen molar-refractivity contribution in [3.8, 4) is 0 Å². The molecule has 1 aliphatic heterocycles. The van der Waals surface area contributed by atoms with E-state index >= 15 is 0 Å². The lowest BCUT2D eigenvalue weighted by Crippen LogP contribution is -2.33. The topological polar surface area (TPSA) is 71.5 Å². The van der Waals surface area contributed by atoms with E-state index < -0.39 is 30.4 Å². The molecule has 1 aromatic carbocycles. The second-order valence-corrected chi connectivity index (χ2v) is 9.52. The molecule has 19 heavy (non-hydrogen) atoms. The summed E-state index contributed by atoms with van der Waals surface area (Å²) in [7, 11) is -6.10. The van der Waals surface area contributed by atoms with Gasteiger partial charge in [0.05, 0.1) is 0 Å². The molecule has 1 heterocycles. The minimum atomic E-state index is -3.82. The van der Waals surface area contributed by atoms with E-state index in [1.807, 2.05) is 6.07 Å². The summed E-state index contributed by atoms with van der Waals surface area (Å²) in [4.78, 5) is 0. The fraction of sp³-hybridized carbons (Fsp3) is 0.500. The standard InChI is InChI=1S/C12H17NO4S2/c1-9-11(10-7-5-4-6-8-10)12(18(3,14)15)19(16,17)13(9)2/h4-9,11-12H,1-3H3/t9-,11+,12-/m0/s1. The predicted octanol–water partition coefficient (Wildman–Crippen LogP) is 0.805. The molecule has 0 amide bonds. The Hall–Kier alpha value is -0.920. The van der Waals surface area contributed by atoms with Crippen molar-refractivity contribution >= 4 is 19.9 Å². The van der Waals surface area contributed by atoms with Crippen LogP contribution in [0.3, 0.4) is 0 Å². The molecule has 1 aliphatic rings. The van der Waals surface area contributed by atoms with Crippen LogP contribution in [0.4, 0.5) is 0 Å². The predicted molar refractivity (Wildman–Crippen MR) is 74.0 cm³/mol. The van der Waals surface area contributed by atoms with Crippen LogP contribution in [0.5, 0.6) is 0 Å². The number of nitrogens with zero attached hydrogens (tertiary/aromatic N) is 1. The average Bonchev–Trinajstić information content (AvgIpc) is 2.50. The first-order chi connectivity index (χ1) is 8.67. The molecule has 0 bridgehead atoms. The molecule has 0 spiro atoms. The highest BCUT2D eigenvalue weighted by molar-refractivity contribution is 8.08. The van der Waals surface area contributed by atoms with Gasteiger partial charge in [-0.2, -0.15) is 0 Å². The van der Waals surface area contributed by atoms with E-state index in [2.05, 4.69) is 0 Å². The van der Waals surface area contributed by atoms with Crippen molar-refractivity contribution in [2.24, 2.45) is 0 Å². The third-order valence-corrected chi connectivity index (χ3v) is 8.62. The Labute approximate surface area is 114 Å². The van der Waals surface area contributed by atoms with Crippen molar-refractivity contribution in [2.45, 2.75) is 23.5 Å². The molecule has 5 nitrogen and oxygen atoms in total. The Morgan fingerprint density at radius 3 is 2.16 bits per heavy atom. The van der Waals surface area contributed by atoms with Crippen molar-refractivity contribution in [3.63, 3.8) is 0 Å². The van der Waals surface area contributed by atoms with Crippen molar-refractivity contribution in [1.82, 2.24) is 4.31 Å². The zero-order valence-electron chi connectivity index (χ0n) is 11.0. The van der Waals surface area contributed by atoms with Gasteiger partial charge in [-0.25, -0.2) is 21.1 Å². The summed E-state index contributed by atoms with van der Waals surface area (Å²) in [5, 5.41) is 0. The summed E-state index contributed by atoms with van der Waals surface area (Å²) in [5.41, 5.74) is 0.735. The summed E-state index contributed by atoms with van der Waals surface area (Å²) >= 11 is 0. The molecule has 0 saturated carbocycles. The van der Waals surface area contributed by atoms with Gasteiger partial charge < -0.3 is 0 Å². The lowest BCUT2D eigenvalue weighted by atomic mass is 9.94. The maximum atomic E-state index is 12.3. The third-order valence-electron chi connectivity index (χ3n) is 3.69. The second-order valence-electron chi connectivity index (χ2n) is 4.94. The highest BCUT2D eigenvalue weighted by Gasteiger charge is 2.54. The first-order valence-electron chi connectivity index (χ1n) is 5.88. The smallest absolute Gasteiger partial charge is 0.228 e. The molecule has 0 unspecified atom stereocenters. The van der Waals surface area contributed by atoms with Gasteiger partial charge in [-0.1, -0.05) is 30.3 Å². The number of rotatable bonds is 2. The van der Waals surface area contributed by atoms with Crippen LogP contribution < -0.4 is 0 Å². The Kier molecular flexibility index (Phi) is 3.49. The zero-order chi connectivity index (χ0) is 14.4. The summed E-state index contributed by atoms with van der Waals surface area (Å²) < 4.78 is 48.2. The normalized spacial score (nSPS) is 31.4. The van der Waals surface area contributed by atoms with E-state index in [9.17, 15) is 16.8 Å². The van der Waals surface area contributed by atoms with Crippen molar-refractivity contribution in [1.29, 1.82) is 0 Å². The number of sulfonamides is 1. The van der Waals surface area contributed by atoms with Gasteiger partial charge in [-0.3, -0.25) is 0 Å². The number of likely N-dealkylation sites (N-methyl/N-ethyl adjacent to an activating group) is 1. The van der Waals surface area contributed by atoms with Gasteiger partial charge in [0.2, 0.25) is 10.0 Å². The molecule has 0 aliphatic carbocycles. The van der Waals surface area contributed by atoms with Crippen molar-refractivity contribution in [2.75, 3.05) is 13.3 Å². The summed E-state index contributed by atoms with van der Waals surface area (Å²) in [6, 6.07) is 8.55. The monoisotopic (exact) mass is 303 g/mol. The number of sulfone groups is 1. The molecular formula is C12H17NO4S2. The van der Waals surface area contributed by atoms with Gasteiger partial charge in [-0.05, 0) is 12.5 Å². The Balaban J connectivity index is 2.65. The molecular weight excluding hydrogens is 286 g/mol. The van der Waals surface area contributed by atoms with E-state index in [1.165, 1.54) is 7.05 Å². The average molecular weight is 303 g/mol. The number of hydrogen-bond acceptors (Lipinski definition) is 4. The molecule has 1 aromatic rings. The van der Waals surface area contributed by atoms with Gasteiger partial charge in [0.25, 0.3) is 0 Å². The molecule has 2 rings (SSSR count). The molecule has 7 heteroatoms. The van der Waals surface area contributed by atoms with E-state index in [0.29, 0.717) is 0 Å². The van der Waals surface area contributed by atoms with Gasteiger partial charge in [0.15, 0.2) is 14.4 Å². The van der Waals surface area contributed by atoms with E-state index in [-0.39, 0.29) is 6.04 Å². The molecule has 0 N–H and O–H groups in total. The van der Waals surface area contributed by atoms with Gasteiger partial charge in [0, 0.05) is 25.3 Å². The SMILES string of the molecule is C[C@H]1[C@H](c2ccccc2)[C@@H](S(C)(=O)=O)S(=O)(=O)N1C. The maximum Gasteiger partial charge on any atom is 0.232 e. The number of hydrogen-bond donors (Lipinski definition) is 0. The summed E-state index contributed by atoms with van der Waals surface area (Å²) in [6.07, 6.45) is 0.983. The highest BCUT2D eigenvalue weighted by atomic mass is 32.3. The van der Waals surface area contributed by atoms with E-state index in [0.717, 1.165) is 16.1 Å². The van der Waals surface area contributed by atoms with E-state index in [4.69, 9.17) is 0 Å². The largest absolute Gasteiger partial charge is 0.232 e. The van der Waals surface area contributed by atoms with Crippen LogP contribution in [0.25, 0.3) is 0 Å². The van der Waals surface area contributed by atoms with Crippen molar-refractivity contribution in [3.05, 3.63) is 35.9 Å². The van der Waals surface area contributed by atoms with Crippen LogP contribution >= 0.6 is 0 Å². The lowest BCUT2D eigenvalue weighted by Gasteiger charge is -2.19. The minimum Gasteiger partial charge on any atom is -0.228 e. The molecule has 106 valence electrons. The highest BCUT2D eigenvalue weighted by Crippen LogP contribution is 2.41. The maximum absolute atomic E-state index is 12.3. The van der Waals surface area contributed by atoms with Crippen LogP contribution in [0.2, 0.25) is 0 Å². The molecule has 1 saturated heterocycles. The summed E-state index contributed by atoms with van der Waals surface area (Å²) in [5.74, 6) is -0.564.